The average molecular weight is 254 g/mol. The Balaban J connectivity index is 2.38. The molecule has 0 saturated heterocycles. The molecule has 2 rings (SSSR count). The molecule has 1 heterocycles. The molecule has 1 aromatic carbocycles. The van der Waals surface area contributed by atoms with Crippen molar-refractivity contribution >= 4 is 21.5 Å². The third kappa shape index (κ3) is 2.37. The average Bonchev–Trinajstić information content (AvgIpc) is 2.81. The standard InChI is InChI=1S/C9H10N4O3S/c10-11-7-3-1-2-4-8(7)17(14,15)13-9-5-6-16-12-9/h1-6,11H,10H2,(H,12,13). The van der Waals surface area contributed by atoms with Crippen LogP contribution in [0, 0.1) is 0 Å². The zero-order valence-corrected chi connectivity index (χ0v) is 9.44. The molecule has 0 aliphatic heterocycles. The van der Waals surface area contributed by atoms with Crippen LogP contribution in [0.2, 0.25) is 0 Å². The molecule has 8 heteroatoms. The van der Waals surface area contributed by atoms with Gasteiger partial charge in [0.1, 0.15) is 11.2 Å². The lowest BCUT2D eigenvalue weighted by Crippen LogP contribution is -2.17. The van der Waals surface area contributed by atoms with E-state index in [1.807, 2.05) is 0 Å². The van der Waals surface area contributed by atoms with Crippen LogP contribution in [0.3, 0.4) is 0 Å². The van der Waals surface area contributed by atoms with Crippen LogP contribution in [-0.4, -0.2) is 13.6 Å². The van der Waals surface area contributed by atoms with Crippen LogP contribution in [0.15, 0.2) is 46.0 Å². The molecule has 0 aliphatic rings. The molecule has 0 aliphatic carbocycles. The first-order chi connectivity index (χ1) is 8.13. The number of nitrogen functional groups attached to an aromatic ring is 1. The van der Waals surface area contributed by atoms with E-state index in [9.17, 15) is 8.42 Å². The van der Waals surface area contributed by atoms with E-state index in [1.165, 1.54) is 18.4 Å². The van der Waals surface area contributed by atoms with E-state index >= 15 is 0 Å². The minimum Gasteiger partial charge on any atom is -0.363 e. The predicted octanol–water partition coefficient (Wildman–Crippen LogP) is 0.761. The third-order valence-electron chi connectivity index (χ3n) is 2.01. The summed E-state index contributed by atoms with van der Waals surface area (Å²) >= 11 is 0. The molecule has 1 aromatic heterocycles. The number of nitrogens with zero attached hydrogens (tertiary/aromatic N) is 1. The first-order valence-corrected chi connectivity index (χ1v) is 6.10. The topological polar surface area (TPSA) is 110 Å². The van der Waals surface area contributed by atoms with Crippen molar-refractivity contribution in [1.29, 1.82) is 0 Å². The summed E-state index contributed by atoms with van der Waals surface area (Å²) in [4.78, 5) is 0.0329. The summed E-state index contributed by atoms with van der Waals surface area (Å²) in [5, 5.41) is 3.47. The molecule has 0 radical (unpaired) electrons. The van der Waals surface area contributed by atoms with E-state index in [4.69, 9.17) is 5.84 Å². The van der Waals surface area contributed by atoms with Gasteiger partial charge in [0.25, 0.3) is 10.0 Å². The lowest BCUT2D eigenvalue weighted by atomic mass is 10.3. The van der Waals surface area contributed by atoms with Crippen LogP contribution in [0.4, 0.5) is 11.5 Å². The van der Waals surface area contributed by atoms with Crippen LogP contribution >= 0.6 is 0 Å². The number of para-hydroxylation sites is 1. The molecule has 2 aromatic rings. The maximum Gasteiger partial charge on any atom is 0.265 e. The number of anilines is 2. The van der Waals surface area contributed by atoms with Gasteiger partial charge in [-0.1, -0.05) is 17.3 Å². The van der Waals surface area contributed by atoms with Gasteiger partial charge in [0.2, 0.25) is 0 Å². The van der Waals surface area contributed by atoms with Crippen molar-refractivity contribution in [1.82, 2.24) is 5.16 Å². The second-order valence-electron chi connectivity index (χ2n) is 3.13. The van der Waals surface area contributed by atoms with Gasteiger partial charge in [-0.25, -0.2) is 8.42 Å². The van der Waals surface area contributed by atoms with Crippen molar-refractivity contribution in [2.24, 2.45) is 5.84 Å². The second-order valence-corrected chi connectivity index (χ2v) is 4.78. The molecule has 17 heavy (non-hydrogen) atoms. The molecular weight excluding hydrogens is 244 g/mol. The minimum absolute atomic E-state index is 0.0329. The van der Waals surface area contributed by atoms with Crippen molar-refractivity contribution in [2.45, 2.75) is 4.90 Å². The quantitative estimate of drug-likeness (QED) is 0.549. The van der Waals surface area contributed by atoms with E-state index in [1.54, 1.807) is 18.2 Å². The maximum atomic E-state index is 12.0. The Morgan fingerprint density at radius 2 is 2.00 bits per heavy atom. The number of aromatic nitrogens is 1. The molecule has 0 amide bonds. The van der Waals surface area contributed by atoms with Crippen LogP contribution in [0.25, 0.3) is 0 Å². The summed E-state index contributed by atoms with van der Waals surface area (Å²) in [5.74, 6) is 5.35. The molecule has 0 saturated carbocycles. The number of rotatable bonds is 4. The van der Waals surface area contributed by atoms with E-state index in [0.717, 1.165) is 0 Å². The number of sulfonamides is 1. The second kappa shape index (κ2) is 4.44. The van der Waals surface area contributed by atoms with E-state index < -0.39 is 10.0 Å². The Labute approximate surface area is 97.6 Å². The number of hydrogen-bond donors (Lipinski definition) is 3. The van der Waals surface area contributed by atoms with Gasteiger partial charge in [-0.05, 0) is 12.1 Å². The molecule has 7 nitrogen and oxygen atoms in total. The summed E-state index contributed by atoms with van der Waals surface area (Å²) in [6, 6.07) is 7.65. The molecule has 0 bridgehead atoms. The van der Waals surface area contributed by atoms with Gasteiger partial charge in [0.15, 0.2) is 5.82 Å². The smallest absolute Gasteiger partial charge is 0.265 e. The summed E-state index contributed by atoms with van der Waals surface area (Å²) in [5.41, 5.74) is 2.61. The summed E-state index contributed by atoms with van der Waals surface area (Å²) < 4.78 is 30.8. The fourth-order valence-corrected chi connectivity index (χ4v) is 2.44. The molecule has 0 spiro atoms. The monoisotopic (exact) mass is 254 g/mol. The van der Waals surface area contributed by atoms with Crippen LogP contribution in [-0.2, 0) is 10.0 Å². The van der Waals surface area contributed by atoms with Crippen LogP contribution in [0.1, 0.15) is 0 Å². The summed E-state index contributed by atoms with van der Waals surface area (Å²) in [6.45, 7) is 0. The highest BCUT2D eigenvalue weighted by molar-refractivity contribution is 7.92. The number of benzene rings is 1. The van der Waals surface area contributed by atoms with Gasteiger partial charge in [0, 0.05) is 6.07 Å². The van der Waals surface area contributed by atoms with Crippen LogP contribution in [0.5, 0.6) is 0 Å². The Morgan fingerprint density at radius 1 is 1.24 bits per heavy atom. The first-order valence-electron chi connectivity index (χ1n) is 4.62. The van der Waals surface area contributed by atoms with Gasteiger partial charge in [-0.3, -0.25) is 10.6 Å². The van der Waals surface area contributed by atoms with Crippen LogP contribution < -0.4 is 16.0 Å². The van der Waals surface area contributed by atoms with Crippen molar-refractivity contribution in [3.63, 3.8) is 0 Å². The van der Waals surface area contributed by atoms with E-state index in [2.05, 4.69) is 19.8 Å². The zero-order valence-electron chi connectivity index (χ0n) is 8.62. The molecule has 0 atom stereocenters. The number of nitrogens with two attached hydrogens (primary N) is 1. The minimum atomic E-state index is -3.74. The maximum absolute atomic E-state index is 12.0. The molecule has 0 unspecified atom stereocenters. The Hall–Kier alpha value is -2.06. The first kappa shape index (κ1) is 11.4. The molecule has 0 fully saturated rings. The van der Waals surface area contributed by atoms with Crippen molar-refractivity contribution in [3.05, 3.63) is 36.6 Å². The lowest BCUT2D eigenvalue weighted by molar-refractivity contribution is 0.423. The number of hydrogen-bond acceptors (Lipinski definition) is 6. The number of hydrazine groups is 1. The Bertz CT molecular complexity index is 594. The molecule has 90 valence electrons. The van der Waals surface area contributed by atoms with E-state index in [0.29, 0.717) is 5.69 Å². The predicted molar refractivity (Wildman–Crippen MR) is 61.6 cm³/mol. The van der Waals surface area contributed by atoms with Gasteiger partial charge >= 0.3 is 0 Å². The third-order valence-corrected chi connectivity index (χ3v) is 3.42. The zero-order chi connectivity index (χ0) is 12.3. The van der Waals surface area contributed by atoms with Crippen molar-refractivity contribution in [2.75, 3.05) is 10.1 Å². The fourth-order valence-electron chi connectivity index (χ4n) is 1.28. The highest BCUT2D eigenvalue weighted by atomic mass is 32.2. The van der Waals surface area contributed by atoms with E-state index in [-0.39, 0.29) is 10.7 Å². The number of nitrogens with one attached hydrogen (secondary N) is 2. The largest absolute Gasteiger partial charge is 0.363 e. The normalized spacial score (nSPS) is 11.1. The highest BCUT2D eigenvalue weighted by Gasteiger charge is 2.18. The highest BCUT2D eigenvalue weighted by Crippen LogP contribution is 2.21. The van der Waals surface area contributed by atoms with Gasteiger partial charge < -0.3 is 9.95 Å². The van der Waals surface area contributed by atoms with Gasteiger partial charge in [-0.15, -0.1) is 0 Å². The molecular formula is C9H10N4O3S. The fraction of sp³-hybridized carbons (Fsp3) is 0. The summed E-state index contributed by atoms with van der Waals surface area (Å²) in [7, 11) is -3.74. The Morgan fingerprint density at radius 3 is 2.65 bits per heavy atom. The Kier molecular flexibility index (Phi) is 2.98. The SMILES string of the molecule is NNc1ccccc1S(=O)(=O)Nc1ccon1. The lowest BCUT2D eigenvalue weighted by Gasteiger charge is -2.09. The van der Waals surface area contributed by atoms with Crippen molar-refractivity contribution < 1.29 is 12.9 Å². The molecule has 4 N–H and O–H groups in total. The summed E-state index contributed by atoms with van der Waals surface area (Å²) in [6.07, 6.45) is 1.27. The van der Waals surface area contributed by atoms with Gasteiger partial charge in [0.05, 0.1) is 5.69 Å². The van der Waals surface area contributed by atoms with Gasteiger partial charge in [-0.2, -0.15) is 0 Å². The van der Waals surface area contributed by atoms with Crippen molar-refractivity contribution in [3.8, 4) is 0 Å².